The molecule has 0 aliphatic carbocycles. The molecular weight excluding hydrogens is 486 g/mol. The lowest BCUT2D eigenvalue weighted by atomic mass is 9.64. The first-order valence-corrected chi connectivity index (χ1v) is 13.0. The van der Waals surface area contributed by atoms with Gasteiger partial charge in [-0.1, -0.05) is 78.9 Å². The first-order valence-electron chi connectivity index (χ1n) is 13.0. The molecular formula is C33H25N3O3. The molecule has 190 valence electrons. The van der Waals surface area contributed by atoms with Crippen LogP contribution in [0.15, 0.2) is 109 Å². The van der Waals surface area contributed by atoms with Crippen molar-refractivity contribution in [2.24, 2.45) is 5.92 Å². The molecule has 6 heteroatoms. The quantitative estimate of drug-likeness (QED) is 0.375. The van der Waals surface area contributed by atoms with E-state index in [0.717, 1.165) is 22.4 Å². The van der Waals surface area contributed by atoms with E-state index in [9.17, 15) is 14.4 Å². The molecule has 0 bridgehead atoms. The molecule has 7 rings (SSSR count). The number of allylic oxidation sites excluding steroid dienone is 1. The Hall–Kier alpha value is -4.84. The molecule has 1 N–H and O–H groups in total. The van der Waals surface area contributed by atoms with Gasteiger partial charge in [-0.2, -0.15) is 0 Å². The van der Waals surface area contributed by atoms with E-state index in [2.05, 4.69) is 16.4 Å². The number of para-hydroxylation sites is 2. The summed E-state index contributed by atoms with van der Waals surface area (Å²) < 4.78 is 0. The van der Waals surface area contributed by atoms with Gasteiger partial charge in [0.1, 0.15) is 17.2 Å². The second-order valence-electron chi connectivity index (χ2n) is 10.3. The number of carbonyl (C=O) groups excluding carboxylic acids is 3. The Bertz CT molecular complexity index is 1680. The Morgan fingerprint density at radius 2 is 1.56 bits per heavy atom. The van der Waals surface area contributed by atoms with Crippen LogP contribution in [0.4, 0.5) is 11.4 Å². The standard InChI is InChI=1S/C33H25N3O3/c1-20-19-27-33(23-14-6-7-15-24(23)35-32(33)39)28(31(38)25-16-9-10-18-34-25)29(30(37)21-11-3-2-4-12-21)36(27)26-17-8-5-13-22(20)26/h2-19,27-29H,1H3,(H,35,39)/t27-,28-,29-,33+/m0/s1. The van der Waals surface area contributed by atoms with Crippen LogP contribution in [0.2, 0.25) is 0 Å². The van der Waals surface area contributed by atoms with Gasteiger partial charge in [0.25, 0.3) is 0 Å². The third-order valence-electron chi connectivity index (χ3n) is 8.41. The summed E-state index contributed by atoms with van der Waals surface area (Å²) in [5, 5.41) is 3.06. The highest BCUT2D eigenvalue weighted by Gasteiger charge is 2.70. The van der Waals surface area contributed by atoms with Crippen molar-refractivity contribution >= 4 is 34.4 Å². The van der Waals surface area contributed by atoms with Crippen molar-refractivity contribution in [2.45, 2.75) is 24.4 Å². The van der Waals surface area contributed by atoms with Crippen LogP contribution in [-0.4, -0.2) is 34.5 Å². The first-order chi connectivity index (χ1) is 19.0. The molecule has 1 saturated heterocycles. The number of amides is 1. The minimum absolute atomic E-state index is 0.202. The molecule has 1 spiro atoms. The van der Waals surface area contributed by atoms with Gasteiger partial charge in [-0.15, -0.1) is 0 Å². The van der Waals surface area contributed by atoms with Crippen molar-refractivity contribution in [1.29, 1.82) is 0 Å². The summed E-state index contributed by atoms with van der Waals surface area (Å²) in [7, 11) is 0. The Kier molecular flexibility index (Phi) is 5.13. The van der Waals surface area contributed by atoms with E-state index in [1.807, 2.05) is 78.6 Å². The van der Waals surface area contributed by atoms with Gasteiger partial charge in [-0.3, -0.25) is 19.4 Å². The number of nitrogens with zero attached hydrogens (tertiary/aromatic N) is 2. The van der Waals surface area contributed by atoms with E-state index in [-0.39, 0.29) is 23.2 Å². The second-order valence-corrected chi connectivity index (χ2v) is 10.3. The third-order valence-corrected chi connectivity index (χ3v) is 8.41. The number of ketones is 2. The highest BCUT2D eigenvalue weighted by atomic mass is 16.2. The largest absolute Gasteiger partial charge is 0.352 e. The second kappa shape index (κ2) is 8.60. The lowest BCUT2D eigenvalue weighted by Gasteiger charge is -2.39. The van der Waals surface area contributed by atoms with Gasteiger partial charge < -0.3 is 10.2 Å². The number of pyridine rings is 1. The minimum Gasteiger partial charge on any atom is -0.352 e. The van der Waals surface area contributed by atoms with Gasteiger partial charge in [-0.25, -0.2) is 0 Å². The average molecular weight is 512 g/mol. The van der Waals surface area contributed by atoms with Gasteiger partial charge in [0.15, 0.2) is 11.6 Å². The predicted octanol–water partition coefficient (Wildman–Crippen LogP) is 5.33. The summed E-state index contributed by atoms with van der Waals surface area (Å²) in [6.45, 7) is 2.02. The number of fused-ring (bicyclic) bond motifs is 6. The van der Waals surface area contributed by atoms with E-state index in [4.69, 9.17) is 0 Å². The predicted molar refractivity (Wildman–Crippen MR) is 150 cm³/mol. The van der Waals surface area contributed by atoms with E-state index >= 15 is 0 Å². The molecule has 6 nitrogen and oxygen atoms in total. The van der Waals surface area contributed by atoms with Gasteiger partial charge >= 0.3 is 0 Å². The first kappa shape index (κ1) is 23.3. The van der Waals surface area contributed by atoms with Gasteiger partial charge in [0, 0.05) is 28.7 Å². The van der Waals surface area contributed by atoms with Gasteiger partial charge in [0.05, 0.1) is 12.0 Å². The number of nitrogens with one attached hydrogen (secondary N) is 1. The normalized spacial score (nSPS) is 24.4. The molecule has 0 saturated carbocycles. The van der Waals surface area contributed by atoms with Crippen molar-refractivity contribution < 1.29 is 14.4 Å². The van der Waals surface area contributed by atoms with E-state index in [0.29, 0.717) is 11.3 Å². The summed E-state index contributed by atoms with van der Waals surface area (Å²) in [6.07, 6.45) is 3.62. The Morgan fingerprint density at radius 1 is 0.846 bits per heavy atom. The van der Waals surface area contributed by atoms with Crippen LogP contribution in [0.25, 0.3) is 5.57 Å². The van der Waals surface area contributed by atoms with Crippen LogP contribution in [0.1, 0.15) is 38.9 Å². The molecule has 1 fully saturated rings. The van der Waals surface area contributed by atoms with E-state index < -0.39 is 23.4 Å². The molecule has 1 amide bonds. The van der Waals surface area contributed by atoms with Crippen molar-refractivity contribution in [3.8, 4) is 0 Å². The maximum absolute atomic E-state index is 14.6. The fourth-order valence-electron chi connectivity index (χ4n) is 6.83. The topological polar surface area (TPSA) is 79.4 Å². The average Bonchev–Trinajstić information content (AvgIpc) is 3.45. The maximum Gasteiger partial charge on any atom is 0.238 e. The van der Waals surface area contributed by atoms with Crippen molar-refractivity contribution in [3.05, 3.63) is 132 Å². The molecule has 4 atom stereocenters. The summed E-state index contributed by atoms with van der Waals surface area (Å²) in [5.74, 6) is -1.83. The van der Waals surface area contributed by atoms with E-state index in [1.165, 1.54) is 0 Å². The van der Waals surface area contributed by atoms with E-state index in [1.54, 1.807) is 36.5 Å². The fourth-order valence-corrected chi connectivity index (χ4v) is 6.83. The zero-order chi connectivity index (χ0) is 26.7. The number of rotatable bonds is 4. The van der Waals surface area contributed by atoms with Crippen LogP contribution in [0.3, 0.4) is 0 Å². The lowest BCUT2D eigenvalue weighted by Crippen LogP contribution is -2.51. The summed E-state index contributed by atoms with van der Waals surface area (Å²) in [4.78, 5) is 49.9. The molecule has 0 radical (unpaired) electrons. The van der Waals surface area contributed by atoms with Crippen LogP contribution < -0.4 is 10.2 Å². The third kappa shape index (κ3) is 3.15. The minimum atomic E-state index is -1.34. The monoisotopic (exact) mass is 511 g/mol. The Labute approximate surface area is 226 Å². The number of hydrogen-bond donors (Lipinski definition) is 1. The number of hydrogen-bond acceptors (Lipinski definition) is 5. The molecule has 39 heavy (non-hydrogen) atoms. The number of aromatic nitrogens is 1. The molecule has 3 aliphatic rings. The number of Topliss-reactive ketones (excluding diaryl/α,β-unsaturated/α-hetero) is 2. The molecule has 4 aromatic rings. The van der Waals surface area contributed by atoms with Crippen molar-refractivity contribution in [1.82, 2.24) is 4.98 Å². The molecule has 3 aliphatic heterocycles. The van der Waals surface area contributed by atoms with Gasteiger partial charge in [0.2, 0.25) is 5.91 Å². The summed E-state index contributed by atoms with van der Waals surface area (Å²) in [6, 6.07) is 28.1. The van der Waals surface area contributed by atoms with Gasteiger partial charge in [-0.05, 0) is 42.3 Å². The number of anilines is 2. The number of benzene rings is 3. The maximum atomic E-state index is 14.6. The van der Waals surface area contributed by atoms with Crippen LogP contribution in [0.5, 0.6) is 0 Å². The zero-order valence-electron chi connectivity index (χ0n) is 21.2. The lowest BCUT2D eigenvalue weighted by molar-refractivity contribution is -0.121. The van der Waals surface area contributed by atoms with Crippen molar-refractivity contribution in [3.63, 3.8) is 0 Å². The highest BCUT2D eigenvalue weighted by Crippen LogP contribution is 2.58. The van der Waals surface area contributed by atoms with Crippen molar-refractivity contribution in [2.75, 3.05) is 10.2 Å². The van der Waals surface area contributed by atoms with Crippen LogP contribution >= 0.6 is 0 Å². The Balaban J connectivity index is 1.57. The zero-order valence-corrected chi connectivity index (χ0v) is 21.2. The van der Waals surface area contributed by atoms with Crippen LogP contribution in [0, 0.1) is 5.92 Å². The SMILES string of the molecule is CC1=C[C@@H]2N(c3ccccc31)[C@H](C(=O)c1ccccc1)[C@@H](C(=O)c1ccccn1)[C@]21C(=O)Nc2ccccc21. The molecule has 1 aromatic heterocycles. The molecule has 4 heterocycles. The molecule has 0 unspecified atom stereocenters. The van der Waals surface area contributed by atoms with Crippen LogP contribution in [-0.2, 0) is 10.2 Å². The number of carbonyl (C=O) groups is 3. The smallest absolute Gasteiger partial charge is 0.238 e. The molecule has 3 aromatic carbocycles. The highest BCUT2D eigenvalue weighted by molar-refractivity contribution is 6.18. The summed E-state index contributed by atoms with van der Waals surface area (Å²) in [5.41, 5.74) is 3.60. The fraction of sp³-hybridized carbons (Fsp3) is 0.152. The Morgan fingerprint density at radius 3 is 2.36 bits per heavy atom. The summed E-state index contributed by atoms with van der Waals surface area (Å²) >= 11 is 0.